The number of carbonyl (C=O) groups is 2. The standard InChI is InChI=1S/C26H24N2O3/c1-14(2)13-31-26(30)22-16(4)28-15(3)21(12-27)24(22)19-10-7-11-20-23(19)17-8-5-6-9-18(17)25(20)29/h5-11,14,24,28H,13H2,1-4H3. The van der Waals surface area contributed by atoms with E-state index in [-0.39, 0.29) is 11.7 Å². The highest BCUT2D eigenvalue weighted by Crippen LogP contribution is 2.47. The molecule has 4 rings (SSSR count). The molecule has 1 atom stereocenters. The third-order valence-electron chi connectivity index (χ3n) is 5.74. The van der Waals surface area contributed by atoms with Gasteiger partial charge in [-0.15, -0.1) is 0 Å². The van der Waals surface area contributed by atoms with E-state index in [2.05, 4.69) is 11.4 Å². The lowest BCUT2D eigenvalue weighted by molar-refractivity contribution is -0.140. The molecular weight excluding hydrogens is 388 g/mol. The van der Waals surface area contributed by atoms with Gasteiger partial charge in [0.15, 0.2) is 5.78 Å². The molecule has 0 fully saturated rings. The number of carbonyl (C=O) groups excluding carboxylic acids is 2. The summed E-state index contributed by atoms with van der Waals surface area (Å²) in [5.74, 6) is -0.901. The SMILES string of the molecule is CC1=C(C#N)C(c2cccc3c2-c2ccccc2C3=O)C(C(=O)OCC(C)C)=C(C)N1. The molecule has 1 aliphatic heterocycles. The maximum absolute atomic E-state index is 13.2. The fourth-order valence-corrected chi connectivity index (χ4v) is 4.39. The molecule has 1 N–H and O–H groups in total. The van der Waals surface area contributed by atoms with Crippen LogP contribution in [0.1, 0.15) is 55.1 Å². The van der Waals surface area contributed by atoms with Crippen molar-refractivity contribution in [3.63, 3.8) is 0 Å². The van der Waals surface area contributed by atoms with E-state index in [1.807, 2.05) is 64.1 Å². The first kappa shape index (κ1) is 20.6. The average Bonchev–Trinajstić information content (AvgIpc) is 3.04. The van der Waals surface area contributed by atoms with E-state index < -0.39 is 11.9 Å². The smallest absolute Gasteiger partial charge is 0.336 e. The number of hydrogen-bond donors (Lipinski definition) is 1. The molecular formula is C26H24N2O3. The minimum atomic E-state index is -0.611. The van der Waals surface area contributed by atoms with Gasteiger partial charge in [-0.25, -0.2) is 4.79 Å². The van der Waals surface area contributed by atoms with Crippen LogP contribution in [0.15, 0.2) is 65.0 Å². The molecule has 5 nitrogen and oxygen atoms in total. The average molecular weight is 412 g/mol. The number of hydrogen-bond acceptors (Lipinski definition) is 5. The molecule has 0 aromatic heterocycles. The van der Waals surface area contributed by atoms with E-state index >= 15 is 0 Å². The zero-order valence-corrected chi connectivity index (χ0v) is 18.1. The summed E-state index contributed by atoms with van der Waals surface area (Å²) >= 11 is 0. The number of allylic oxidation sites excluding steroid dienone is 3. The summed E-state index contributed by atoms with van der Waals surface area (Å²) in [4.78, 5) is 26.2. The predicted octanol–water partition coefficient (Wildman–Crippen LogP) is 4.86. The van der Waals surface area contributed by atoms with Crippen LogP contribution < -0.4 is 5.32 Å². The quantitative estimate of drug-likeness (QED) is 0.620. The Labute approximate surface area is 182 Å². The highest BCUT2D eigenvalue weighted by atomic mass is 16.5. The Morgan fingerprint density at radius 2 is 1.74 bits per heavy atom. The fourth-order valence-electron chi connectivity index (χ4n) is 4.39. The molecule has 31 heavy (non-hydrogen) atoms. The Bertz CT molecular complexity index is 1210. The molecule has 5 heteroatoms. The third kappa shape index (κ3) is 3.34. The Kier molecular flexibility index (Phi) is 5.24. The number of nitrogens with one attached hydrogen (secondary N) is 1. The van der Waals surface area contributed by atoms with Crippen LogP contribution >= 0.6 is 0 Å². The van der Waals surface area contributed by atoms with E-state index in [1.165, 1.54) is 0 Å². The van der Waals surface area contributed by atoms with Gasteiger partial charge in [0.1, 0.15) is 0 Å². The molecule has 1 heterocycles. The second-order valence-electron chi connectivity index (χ2n) is 8.38. The maximum atomic E-state index is 13.2. The van der Waals surface area contributed by atoms with Gasteiger partial charge in [0, 0.05) is 22.5 Å². The first-order valence-electron chi connectivity index (χ1n) is 10.4. The topological polar surface area (TPSA) is 79.2 Å². The van der Waals surface area contributed by atoms with Gasteiger partial charge < -0.3 is 10.1 Å². The third-order valence-corrected chi connectivity index (χ3v) is 5.74. The molecule has 0 spiro atoms. The van der Waals surface area contributed by atoms with Gasteiger partial charge in [-0.1, -0.05) is 56.3 Å². The molecule has 0 saturated carbocycles. The Balaban J connectivity index is 1.94. The Hall–Kier alpha value is -3.65. The Morgan fingerprint density at radius 1 is 1.06 bits per heavy atom. The number of benzene rings is 2. The van der Waals surface area contributed by atoms with Crippen LogP contribution in [0, 0.1) is 17.2 Å². The molecule has 1 aliphatic carbocycles. The van der Waals surface area contributed by atoms with Gasteiger partial charge in [-0.05, 0) is 36.5 Å². The van der Waals surface area contributed by atoms with Crippen molar-refractivity contribution in [1.29, 1.82) is 5.26 Å². The molecule has 0 bridgehead atoms. The van der Waals surface area contributed by atoms with Crippen LogP contribution in [0.5, 0.6) is 0 Å². The van der Waals surface area contributed by atoms with Crippen molar-refractivity contribution < 1.29 is 14.3 Å². The summed E-state index contributed by atoms with van der Waals surface area (Å²) in [6.07, 6.45) is 0. The van der Waals surface area contributed by atoms with Gasteiger partial charge in [-0.2, -0.15) is 5.26 Å². The Morgan fingerprint density at radius 3 is 2.42 bits per heavy atom. The fraction of sp³-hybridized carbons (Fsp3) is 0.269. The van der Waals surface area contributed by atoms with Crippen molar-refractivity contribution >= 4 is 11.8 Å². The molecule has 2 aromatic carbocycles. The maximum Gasteiger partial charge on any atom is 0.336 e. The van der Waals surface area contributed by atoms with Gasteiger partial charge in [0.2, 0.25) is 0 Å². The second-order valence-corrected chi connectivity index (χ2v) is 8.38. The number of dihydropyridines is 1. The zero-order valence-electron chi connectivity index (χ0n) is 18.1. The largest absolute Gasteiger partial charge is 0.462 e. The van der Waals surface area contributed by atoms with Crippen LogP contribution in [0.25, 0.3) is 11.1 Å². The normalized spacial score (nSPS) is 17.3. The lowest BCUT2D eigenvalue weighted by Crippen LogP contribution is -2.29. The van der Waals surface area contributed by atoms with Gasteiger partial charge in [-0.3, -0.25) is 4.79 Å². The number of esters is 1. The molecule has 1 unspecified atom stereocenters. The lowest BCUT2D eigenvalue weighted by atomic mass is 9.78. The van der Waals surface area contributed by atoms with Gasteiger partial charge >= 0.3 is 5.97 Å². The van der Waals surface area contributed by atoms with Crippen LogP contribution in [-0.2, 0) is 9.53 Å². The molecule has 156 valence electrons. The number of ketones is 1. The van der Waals surface area contributed by atoms with Gasteiger partial charge in [0.25, 0.3) is 0 Å². The highest BCUT2D eigenvalue weighted by Gasteiger charge is 2.38. The summed E-state index contributed by atoms with van der Waals surface area (Å²) in [6.45, 7) is 7.89. The van der Waals surface area contributed by atoms with E-state index in [0.29, 0.717) is 40.3 Å². The van der Waals surface area contributed by atoms with Crippen molar-refractivity contribution in [2.75, 3.05) is 6.61 Å². The summed E-state index contributed by atoms with van der Waals surface area (Å²) in [5.41, 5.74) is 5.84. The van der Waals surface area contributed by atoms with Gasteiger partial charge in [0.05, 0.1) is 29.7 Å². The number of ether oxygens (including phenoxy) is 1. The first-order chi connectivity index (χ1) is 14.8. The summed E-state index contributed by atoms with van der Waals surface area (Å²) in [6, 6.07) is 15.3. The van der Waals surface area contributed by atoms with Crippen molar-refractivity contribution in [2.24, 2.45) is 5.92 Å². The minimum absolute atomic E-state index is 0.0368. The van der Waals surface area contributed by atoms with Crippen LogP contribution in [0.3, 0.4) is 0 Å². The lowest BCUT2D eigenvalue weighted by Gasteiger charge is -2.30. The van der Waals surface area contributed by atoms with E-state index in [4.69, 9.17) is 4.74 Å². The summed E-state index contributed by atoms with van der Waals surface area (Å²) in [7, 11) is 0. The van der Waals surface area contributed by atoms with Crippen LogP contribution in [-0.4, -0.2) is 18.4 Å². The van der Waals surface area contributed by atoms with Crippen molar-refractivity contribution in [1.82, 2.24) is 5.32 Å². The number of fused-ring (bicyclic) bond motifs is 3. The molecule has 2 aromatic rings. The molecule has 0 saturated heterocycles. The summed E-state index contributed by atoms with van der Waals surface area (Å²) in [5, 5.41) is 13.2. The number of rotatable bonds is 4. The number of nitriles is 1. The molecule has 0 amide bonds. The van der Waals surface area contributed by atoms with Crippen molar-refractivity contribution in [2.45, 2.75) is 33.6 Å². The van der Waals surface area contributed by atoms with E-state index in [1.54, 1.807) is 6.07 Å². The summed E-state index contributed by atoms with van der Waals surface area (Å²) < 4.78 is 5.57. The number of nitrogens with zero attached hydrogens (tertiary/aromatic N) is 1. The first-order valence-corrected chi connectivity index (χ1v) is 10.4. The van der Waals surface area contributed by atoms with Crippen LogP contribution in [0.4, 0.5) is 0 Å². The highest BCUT2D eigenvalue weighted by molar-refractivity contribution is 6.22. The van der Waals surface area contributed by atoms with E-state index in [9.17, 15) is 14.9 Å². The molecule has 2 aliphatic rings. The zero-order chi connectivity index (χ0) is 22.3. The predicted molar refractivity (Wildman–Crippen MR) is 118 cm³/mol. The van der Waals surface area contributed by atoms with E-state index in [0.717, 1.165) is 16.7 Å². The minimum Gasteiger partial charge on any atom is -0.462 e. The molecule has 0 radical (unpaired) electrons. The van der Waals surface area contributed by atoms with Crippen molar-refractivity contribution in [3.05, 3.63) is 81.7 Å². The second kappa shape index (κ2) is 7.88. The van der Waals surface area contributed by atoms with Crippen LogP contribution in [0.2, 0.25) is 0 Å². The van der Waals surface area contributed by atoms with Crippen molar-refractivity contribution in [3.8, 4) is 17.2 Å². The monoisotopic (exact) mass is 412 g/mol.